The topological polar surface area (TPSA) is 84.2 Å². The lowest BCUT2D eigenvalue weighted by atomic mass is 10.4. The number of hydrogen-bond acceptors (Lipinski definition) is 3. The van der Waals surface area contributed by atoms with Crippen LogP contribution in [0.2, 0.25) is 0 Å². The SMILES string of the molecule is NNC(=O)C(=O)NCCC(F)(F)F. The summed E-state index contributed by atoms with van der Waals surface area (Å²) in [5.74, 6) is 2.18. The average Bonchev–Trinajstić information content (AvgIpc) is 2.00. The fourth-order valence-corrected chi connectivity index (χ4v) is 0.464. The maximum Gasteiger partial charge on any atom is 0.390 e. The third-order valence-electron chi connectivity index (χ3n) is 1.03. The number of halogens is 3. The summed E-state index contributed by atoms with van der Waals surface area (Å²) in [6.07, 6.45) is -5.54. The molecule has 0 aliphatic carbocycles. The Morgan fingerprint density at radius 1 is 1.23 bits per heavy atom. The van der Waals surface area contributed by atoms with E-state index in [9.17, 15) is 22.8 Å². The van der Waals surface area contributed by atoms with E-state index in [0.717, 1.165) is 0 Å². The fraction of sp³-hybridized carbons (Fsp3) is 0.600. The first-order valence-electron chi connectivity index (χ1n) is 3.22. The molecule has 0 spiro atoms. The van der Waals surface area contributed by atoms with Gasteiger partial charge in [0.05, 0.1) is 6.42 Å². The van der Waals surface area contributed by atoms with Crippen LogP contribution >= 0.6 is 0 Å². The van der Waals surface area contributed by atoms with Crippen molar-refractivity contribution in [3.63, 3.8) is 0 Å². The van der Waals surface area contributed by atoms with Gasteiger partial charge in [0.1, 0.15) is 0 Å². The van der Waals surface area contributed by atoms with Crippen molar-refractivity contribution in [3.8, 4) is 0 Å². The van der Waals surface area contributed by atoms with E-state index in [0.29, 0.717) is 0 Å². The maximum atomic E-state index is 11.5. The molecule has 0 aromatic rings. The Kier molecular flexibility index (Phi) is 4.18. The Morgan fingerprint density at radius 2 is 1.77 bits per heavy atom. The summed E-state index contributed by atoms with van der Waals surface area (Å²) in [6.45, 7) is -0.643. The van der Waals surface area contributed by atoms with E-state index in [1.165, 1.54) is 5.43 Å². The Labute approximate surface area is 71.4 Å². The van der Waals surface area contributed by atoms with Gasteiger partial charge in [-0.25, -0.2) is 5.84 Å². The lowest BCUT2D eigenvalue weighted by molar-refractivity contribution is -0.142. The number of carbonyl (C=O) groups excluding carboxylic acids is 2. The van der Waals surface area contributed by atoms with Crippen molar-refractivity contribution in [3.05, 3.63) is 0 Å². The second kappa shape index (κ2) is 4.65. The Balaban J connectivity index is 3.66. The van der Waals surface area contributed by atoms with E-state index in [2.05, 4.69) is 5.84 Å². The van der Waals surface area contributed by atoms with Gasteiger partial charge in [-0.05, 0) is 0 Å². The van der Waals surface area contributed by atoms with Crippen molar-refractivity contribution in [1.29, 1.82) is 0 Å². The summed E-state index contributed by atoms with van der Waals surface area (Å²) in [5, 5.41) is 1.74. The van der Waals surface area contributed by atoms with Crippen LogP contribution in [0.5, 0.6) is 0 Å². The molecule has 76 valence electrons. The molecule has 0 aliphatic heterocycles. The van der Waals surface area contributed by atoms with Crippen molar-refractivity contribution >= 4 is 11.8 Å². The van der Waals surface area contributed by atoms with Crippen LogP contribution in [0.3, 0.4) is 0 Å². The van der Waals surface area contributed by atoms with Gasteiger partial charge in [0.15, 0.2) is 0 Å². The molecule has 5 nitrogen and oxygen atoms in total. The molecule has 13 heavy (non-hydrogen) atoms. The lowest BCUT2D eigenvalue weighted by Gasteiger charge is -2.06. The Bertz CT molecular complexity index is 204. The predicted molar refractivity (Wildman–Crippen MR) is 36.0 cm³/mol. The van der Waals surface area contributed by atoms with Crippen LogP contribution in [-0.4, -0.2) is 24.5 Å². The van der Waals surface area contributed by atoms with Crippen molar-refractivity contribution in [2.24, 2.45) is 5.84 Å². The zero-order valence-corrected chi connectivity index (χ0v) is 6.44. The van der Waals surface area contributed by atoms with E-state index < -0.39 is 31.0 Å². The molecule has 0 heterocycles. The van der Waals surface area contributed by atoms with E-state index in [4.69, 9.17) is 0 Å². The molecule has 0 rings (SSSR count). The van der Waals surface area contributed by atoms with E-state index >= 15 is 0 Å². The minimum absolute atomic E-state index is 0.643. The van der Waals surface area contributed by atoms with E-state index in [1.54, 1.807) is 5.32 Å². The number of hydrazine groups is 1. The van der Waals surface area contributed by atoms with Gasteiger partial charge in [0.25, 0.3) is 0 Å². The molecule has 0 fully saturated rings. The number of amides is 2. The average molecular weight is 199 g/mol. The zero-order valence-electron chi connectivity index (χ0n) is 6.44. The quantitative estimate of drug-likeness (QED) is 0.232. The highest BCUT2D eigenvalue weighted by molar-refractivity contribution is 6.34. The summed E-state index contributed by atoms with van der Waals surface area (Å²) >= 11 is 0. The molecular weight excluding hydrogens is 191 g/mol. The number of nitrogens with two attached hydrogens (primary N) is 1. The molecule has 0 radical (unpaired) electrons. The number of alkyl halides is 3. The van der Waals surface area contributed by atoms with Crippen LogP contribution in [0.1, 0.15) is 6.42 Å². The molecule has 0 unspecified atom stereocenters. The summed E-state index contributed by atoms with van der Waals surface area (Å²) < 4.78 is 34.5. The molecular formula is C5H8F3N3O2. The first kappa shape index (κ1) is 11.7. The monoisotopic (exact) mass is 199 g/mol. The number of hydrogen-bond donors (Lipinski definition) is 3. The van der Waals surface area contributed by atoms with E-state index in [1.807, 2.05) is 0 Å². The molecule has 0 bridgehead atoms. The van der Waals surface area contributed by atoms with Crippen molar-refractivity contribution in [1.82, 2.24) is 10.7 Å². The third kappa shape index (κ3) is 5.91. The van der Waals surface area contributed by atoms with Crippen LogP contribution in [0.4, 0.5) is 13.2 Å². The second-order valence-corrected chi connectivity index (χ2v) is 2.09. The van der Waals surface area contributed by atoms with E-state index in [-0.39, 0.29) is 0 Å². The lowest BCUT2D eigenvalue weighted by Crippen LogP contribution is -2.43. The highest BCUT2D eigenvalue weighted by Gasteiger charge is 2.26. The summed E-state index contributed by atoms with van der Waals surface area (Å²) in [7, 11) is 0. The zero-order chi connectivity index (χ0) is 10.5. The largest absolute Gasteiger partial charge is 0.390 e. The summed E-state index contributed by atoms with van der Waals surface area (Å²) in [4.78, 5) is 20.8. The number of nitrogens with one attached hydrogen (secondary N) is 2. The van der Waals surface area contributed by atoms with Gasteiger partial charge >= 0.3 is 18.0 Å². The van der Waals surface area contributed by atoms with Crippen LogP contribution in [0.25, 0.3) is 0 Å². The molecule has 0 aliphatic rings. The minimum Gasteiger partial charge on any atom is -0.347 e. The van der Waals surface area contributed by atoms with Gasteiger partial charge in [-0.2, -0.15) is 13.2 Å². The van der Waals surface area contributed by atoms with Crippen LogP contribution in [0.15, 0.2) is 0 Å². The van der Waals surface area contributed by atoms with Crippen molar-refractivity contribution < 1.29 is 22.8 Å². The van der Waals surface area contributed by atoms with Crippen LogP contribution in [0, 0.1) is 0 Å². The van der Waals surface area contributed by atoms with Gasteiger partial charge in [-0.3, -0.25) is 15.0 Å². The highest BCUT2D eigenvalue weighted by atomic mass is 19.4. The molecule has 0 aromatic carbocycles. The molecule has 0 aromatic heterocycles. The van der Waals surface area contributed by atoms with Gasteiger partial charge in [-0.15, -0.1) is 0 Å². The molecule has 0 saturated carbocycles. The van der Waals surface area contributed by atoms with Crippen LogP contribution < -0.4 is 16.6 Å². The molecule has 2 amide bonds. The van der Waals surface area contributed by atoms with Gasteiger partial charge in [-0.1, -0.05) is 0 Å². The summed E-state index contributed by atoms with van der Waals surface area (Å²) in [5.41, 5.74) is 1.48. The predicted octanol–water partition coefficient (Wildman–Crippen LogP) is -0.955. The van der Waals surface area contributed by atoms with Crippen molar-refractivity contribution in [2.75, 3.05) is 6.54 Å². The smallest absolute Gasteiger partial charge is 0.347 e. The standard InChI is InChI=1S/C5H8F3N3O2/c6-5(7,8)1-2-10-3(12)4(13)11-9/h1-2,9H2,(H,10,12)(H,11,13). The van der Waals surface area contributed by atoms with Crippen LogP contribution in [-0.2, 0) is 9.59 Å². The molecule has 0 atom stereocenters. The summed E-state index contributed by atoms with van der Waals surface area (Å²) in [6, 6.07) is 0. The van der Waals surface area contributed by atoms with Gasteiger partial charge < -0.3 is 5.32 Å². The molecule has 8 heteroatoms. The van der Waals surface area contributed by atoms with Gasteiger partial charge in [0, 0.05) is 6.54 Å². The van der Waals surface area contributed by atoms with Gasteiger partial charge in [0.2, 0.25) is 0 Å². The Hall–Kier alpha value is -1.31. The minimum atomic E-state index is -4.35. The normalized spacial score (nSPS) is 10.8. The third-order valence-corrected chi connectivity index (χ3v) is 1.03. The number of rotatable bonds is 2. The first-order valence-corrected chi connectivity index (χ1v) is 3.22. The second-order valence-electron chi connectivity index (χ2n) is 2.09. The fourth-order valence-electron chi connectivity index (χ4n) is 0.464. The first-order chi connectivity index (χ1) is 5.87. The van der Waals surface area contributed by atoms with Crippen molar-refractivity contribution in [2.45, 2.75) is 12.6 Å². The molecule has 4 N–H and O–H groups in total. The Morgan fingerprint density at radius 3 is 2.15 bits per heavy atom. The highest BCUT2D eigenvalue weighted by Crippen LogP contribution is 2.17. The number of carbonyl (C=O) groups is 2. The maximum absolute atomic E-state index is 11.5. The molecule has 0 saturated heterocycles.